The standard InChI is InChI=1S/C29H26N6/c1-20-24-9-12-33-28(24)8-7-27(20)34-29-22(15-30)17-32-18-26(29)25-11-14-35(19-23(25)16-31)13-10-21-5-3-2-4-6-21/h2-9,12,17-18,33H,10-11,13-14,19H2,1H3,(H,32,34). The Morgan fingerprint density at radius 2 is 1.91 bits per heavy atom. The van der Waals surface area contributed by atoms with Crippen molar-refractivity contribution in [1.82, 2.24) is 14.9 Å². The number of nitriles is 2. The van der Waals surface area contributed by atoms with E-state index in [9.17, 15) is 10.5 Å². The van der Waals surface area contributed by atoms with Crippen LogP contribution in [-0.4, -0.2) is 34.5 Å². The summed E-state index contributed by atoms with van der Waals surface area (Å²) in [5, 5.41) is 24.5. The molecule has 0 fully saturated rings. The first-order valence-electron chi connectivity index (χ1n) is 11.8. The number of pyridine rings is 1. The number of nitrogens with one attached hydrogen (secondary N) is 2. The SMILES string of the molecule is Cc1c(Nc2c(C#N)cncc2C2=C(C#N)CN(CCc3ccccc3)CC2)ccc2[nH]ccc12. The molecule has 1 aliphatic rings. The molecule has 2 aromatic heterocycles. The summed E-state index contributed by atoms with van der Waals surface area (Å²) in [5.74, 6) is 0. The molecule has 1 aliphatic heterocycles. The van der Waals surface area contributed by atoms with Crippen molar-refractivity contribution in [1.29, 1.82) is 10.5 Å². The minimum atomic E-state index is 0.465. The van der Waals surface area contributed by atoms with Crippen molar-refractivity contribution in [3.8, 4) is 12.1 Å². The van der Waals surface area contributed by atoms with Gasteiger partial charge in [0.1, 0.15) is 6.07 Å². The summed E-state index contributed by atoms with van der Waals surface area (Å²) in [6.07, 6.45) is 6.97. The summed E-state index contributed by atoms with van der Waals surface area (Å²) < 4.78 is 0. The van der Waals surface area contributed by atoms with Gasteiger partial charge in [0.05, 0.1) is 17.3 Å². The molecular weight excluding hydrogens is 432 g/mol. The van der Waals surface area contributed by atoms with E-state index in [0.717, 1.165) is 64.8 Å². The molecule has 172 valence electrons. The molecular formula is C29H26N6. The molecule has 6 nitrogen and oxygen atoms in total. The van der Waals surface area contributed by atoms with Gasteiger partial charge in [-0.25, -0.2) is 0 Å². The zero-order valence-corrected chi connectivity index (χ0v) is 19.7. The number of aromatic amines is 1. The molecule has 0 saturated carbocycles. The Balaban J connectivity index is 1.46. The lowest BCUT2D eigenvalue weighted by molar-refractivity contribution is 0.301. The average molecular weight is 459 g/mol. The first kappa shape index (κ1) is 22.4. The number of aryl methyl sites for hydroxylation is 1. The molecule has 2 N–H and O–H groups in total. The smallest absolute Gasteiger partial charge is 0.103 e. The Morgan fingerprint density at radius 3 is 2.71 bits per heavy atom. The molecule has 0 saturated heterocycles. The molecule has 0 bridgehead atoms. The van der Waals surface area contributed by atoms with E-state index in [4.69, 9.17) is 0 Å². The maximum absolute atomic E-state index is 10.0. The second kappa shape index (κ2) is 9.85. The number of fused-ring (bicyclic) bond motifs is 1. The van der Waals surface area contributed by atoms with Gasteiger partial charge in [-0.1, -0.05) is 30.3 Å². The van der Waals surface area contributed by atoms with Crippen LogP contribution in [0, 0.1) is 29.6 Å². The number of H-pyrrole nitrogens is 1. The fourth-order valence-electron chi connectivity index (χ4n) is 4.80. The van der Waals surface area contributed by atoms with Gasteiger partial charge in [-0.3, -0.25) is 9.88 Å². The van der Waals surface area contributed by atoms with E-state index in [2.05, 4.69) is 69.6 Å². The van der Waals surface area contributed by atoms with Crippen LogP contribution in [0.25, 0.3) is 16.5 Å². The van der Waals surface area contributed by atoms with Crippen LogP contribution in [-0.2, 0) is 6.42 Å². The monoisotopic (exact) mass is 458 g/mol. The minimum absolute atomic E-state index is 0.465. The number of anilines is 2. The van der Waals surface area contributed by atoms with Crippen LogP contribution >= 0.6 is 0 Å². The van der Waals surface area contributed by atoms with Gasteiger partial charge in [0.25, 0.3) is 0 Å². The summed E-state index contributed by atoms with van der Waals surface area (Å²) in [4.78, 5) is 9.90. The Bertz CT molecular complexity index is 1480. The van der Waals surface area contributed by atoms with E-state index in [1.54, 1.807) is 12.4 Å². The molecule has 2 aromatic carbocycles. The Hall–Kier alpha value is -4.39. The van der Waals surface area contributed by atoms with Gasteiger partial charge in [-0.15, -0.1) is 0 Å². The van der Waals surface area contributed by atoms with Gasteiger partial charge in [0, 0.05) is 66.0 Å². The molecule has 6 heteroatoms. The van der Waals surface area contributed by atoms with E-state index < -0.39 is 0 Å². The largest absolute Gasteiger partial charge is 0.361 e. The molecule has 4 aromatic rings. The zero-order chi connectivity index (χ0) is 24.2. The van der Waals surface area contributed by atoms with Crippen molar-refractivity contribution >= 4 is 27.9 Å². The van der Waals surface area contributed by atoms with Crippen LogP contribution < -0.4 is 5.32 Å². The van der Waals surface area contributed by atoms with E-state index in [1.165, 1.54) is 5.56 Å². The Morgan fingerprint density at radius 1 is 1.06 bits per heavy atom. The average Bonchev–Trinajstić information content (AvgIpc) is 3.39. The first-order valence-corrected chi connectivity index (χ1v) is 11.8. The van der Waals surface area contributed by atoms with E-state index in [0.29, 0.717) is 17.8 Å². The third-order valence-corrected chi connectivity index (χ3v) is 6.77. The summed E-state index contributed by atoms with van der Waals surface area (Å²) in [5.41, 5.74) is 8.11. The van der Waals surface area contributed by atoms with Crippen LogP contribution in [0.2, 0.25) is 0 Å². The first-order chi connectivity index (χ1) is 17.2. The van der Waals surface area contributed by atoms with Gasteiger partial charge in [-0.2, -0.15) is 10.5 Å². The van der Waals surface area contributed by atoms with Gasteiger partial charge in [-0.05, 0) is 54.7 Å². The van der Waals surface area contributed by atoms with Crippen molar-refractivity contribution in [3.05, 3.63) is 94.9 Å². The van der Waals surface area contributed by atoms with Crippen molar-refractivity contribution in [2.24, 2.45) is 0 Å². The molecule has 35 heavy (non-hydrogen) atoms. The number of hydrogen-bond donors (Lipinski definition) is 2. The summed E-state index contributed by atoms with van der Waals surface area (Å²) in [6, 6.07) is 21.2. The van der Waals surface area contributed by atoms with Crippen molar-refractivity contribution in [2.75, 3.05) is 25.0 Å². The zero-order valence-electron chi connectivity index (χ0n) is 19.7. The fraction of sp³-hybridized carbons (Fsp3) is 0.207. The highest BCUT2D eigenvalue weighted by Gasteiger charge is 2.23. The number of nitrogens with zero attached hydrogens (tertiary/aromatic N) is 4. The van der Waals surface area contributed by atoms with Crippen LogP contribution in [0.4, 0.5) is 11.4 Å². The highest BCUT2D eigenvalue weighted by Crippen LogP contribution is 2.36. The predicted molar refractivity (Wildman–Crippen MR) is 139 cm³/mol. The maximum atomic E-state index is 10.0. The molecule has 0 amide bonds. The normalized spacial score (nSPS) is 14.0. The minimum Gasteiger partial charge on any atom is -0.361 e. The highest BCUT2D eigenvalue weighted by atomic mass is 15.1. The quantitative estimate of drug-likeness (QED) is 0.386. The third kappa shape index (κ3) is 4.53. The van der Waals surface area contributed by atoms with Gasteiger partial charge in [0.15, 0.2) is 0 Å². The van der Waals surface area contributed by atoms with Gasteiger partial charge < -0.3 is 10.3 Å². The summed E-state index contributed by atoms with van der Waals surface area (Å²) in [7, 11) is 0. The fourth-order valence-corrected chi connectivity index (χ4v) is 4.80. The summed E-state index contributed by atoms with van der Waals surface area (Å²) >= 11 is 0. The number of rotatable bonds is 6. The lowest BCUT2D eigenvalue weighted by atomic mass is 9.92. The second-order valence-corrected chi connectivity index (χ2v) is 8.85. The highest BCUT2D eigenvalue weighted by molar-refractivity contribution is 5.91. The van der Waals surface area contributed by atoms with E-state index >= 15 is 0 Å². The second-order valence-electron chi connectivity index (χ2n) is 8.85. The lowest BCUT2D eigenvalue weighted by Gasteiger charge is -2.29. The van der Waals surface area contributed by atoms with Crippen LogP contribution in [0.15, 0.2) is 72.7 Å². The van der Waals surface area contributed by atoms with Gasteiger partial charge >= 0.3 is 0 Å². The molecule has 0 spiro atoms. The Kier molecular flexibility index (Phi) is 6.30. The lowest BCUT2D eigenvalue weighted by Crippen LogP contribution is -2.33. The van der Waals surface area contributed by atoms with E-state index in [-0.39, 0.29) is 0 Å². The molecule has 5 rings (SSSR count). The number of aromatic nitrogens is 2. The van der Waals surface area contributed by atoms with Crippen LogP contribution in [0.5, 0.6) is 0 Å². The molecule has 0 aliphatic carbocycles. The third-order valence-electron chi connectivity index (χ3n) is 6.77. The van der Waals surface area contributed by atoms with Crippen molar-refractivity contribution < 1.29 is 0 Å². The molecule has 3 heterocycles. The van der Waals surface area contributed by atoms with Crippen LogP contribution in [0.3, 0.4) is 0 Å². The predicted octanol–water partition coefficient (Wildman–Crippen LogP) is 5.71. The Labute approximate surface area is 205 Å². The topological polar surface area (TPSA) is 91.5 Å². The van der Waals surface area contributed by atoms with E-state index in [1.807, 2.05) is 24.4 Å². The number of benzene rings is 2. The van der Waals surface area contributed by atoms with Crippen LogP contribution in [0.1, 0.15) is 28.7 Å². The summed E-state index contributed by atoms with van der Waals surface area (Å²) in [6.45, 7) is 4.43. The van der Waals surface area contributed by atoms with Crippen molar-refractivity contribution in [3.63, 3.8) is 0 Å². The molecule has 0 unspecified atom stereocenters. The number of hydrogen-bond acceptors (Lipinski definition) is 5. The molecule has 0 atom stereocenters. The van der Waals surface area contributed by atoms with Crippen molar-refractivity contribution in [2.45, 2.75) is 19.8 Å². The molecule has 0 radical (unpaired) electrons. The maximum Gasteiger partial charge on any atom is 0.103 e. The van der Waals surface area contributed by atoms with Gasteiger partial charge in [0.2, 0.25) is 0 Å².